The van der Waals surface area contributed by atoms with Crippen LogP contribution < -0.4 is 0 Å². The lowest BCUT2D eigenvalue weighted by molar-refractivity contribution is -0.131. The Morgan fingerprint density at radius 3 is 2.44 bits per heavy atom. The van der Waals surface area contributed by atoms with Crippen molar-refractivity contribution in [1.82, 2.24) is 20.1 Å². The molecular weight excluding hydrogens is 339 g/mol. The third-order valence-electron chi connectivity index (χ3n) is 3.51. The highest BCUT2D eigenvalue weighted by atomic mass is 32.2. The highest BCUT2D eigenvalue weighted by Crippen LogP contribution is 2.16. The van der Waals surface area contributed by atoms with Crippen LogP contribution in [0.1, 0.15) is 39.1 Å². The molecule has 1 heterocycles. The number of hydrogen-bond acceptors (Lipinski definition) is 4. The molecule has 25 heavy (non-hydrogen) atoms. The number of carbonyl (C=O) groups is 1. The highest BCUT2D eigenvalue weighted by Gasteiger charge is 2.20. The predicted molar refractivity (Wildman–Crippen MR) is 99.6 cm³/mol. The molecule has 0 bridgehead atoms. The van der Waals surface area contributed by atoms with Crippen LogP contribution in [-0.4, -0.2) is 43.8 Å². The summed E-state index contributed by atoms with van der Waals surface area (Å²) in [7, 11) is 0. The molecule has 2 rings (SSSR count). The van der Waals surface area contributed by atoms with Gasteiger partial charge in [0.05, 0.1) is 5.75 Å². The van der Waals surface area contributed by atoms with Gasteiger partial charge < -0.3 is 4.90 Å². The summed E-state index contributed by atoms with van der Waals surface area (Å²) in [4.78, 5) is 18.5. The summed E-state index contributed by atoms with van der Waals surface area (Å²) >= 11 is 1.31. The molecule has 2 aromatic rings. The fraction of sp³-hybridized carbons (Fsp3) is 0.389. The first-order valence-electron chi connectivity index (χ1n) is 8.17. The number of rotatable bonds is 7. The first-order chi connectivity index (χ1) is 11.9. The van der Waals surface area contributed by atoms with Crippen molar-refractivity contribution in [1.29, 1.82) is 0 Å². The van der Waals surface area contributed by atoms with Gasteiger partial charge in [-0.15, -0.1) is 5.10 Å². The normalized spacial score (nSPS) is 11.6. The second kappa shape index (κ2) is 8.80. The number of thioether (sulfide) groups is 1. The molecule has 0 saturated carbocycles. The number of nitrogens with one attached hydrogen (secondary N) is 1. The summed E-state index contributed by atoms with van der Waals surface area (Å²) in [5.74, 6) is 0.694. The number of aromatic nitrogens is 3. The van der Waals surface area contributed by atoms with Crippen LogP contribution in [0.4, 0.5) is 4.39 Å². The molecule has 0 aliphatic rings. The Kier molecular flexibility index (Phi) is 6.75. The zero-order valence-corrected chi connectivity index (χ0v) is 15.7. The number of amides is 1. The number of nitrogens with zero attached hydrogens (tertiary/aromatic N) is 3. The van der Waals surface area contributed by atoms with Crippen LogP contribution in [0.3, 0.4) is 0 Å². The van der Waals surface area contributed by atoms with E-state index in [4.69, 9.17) is 0 Å². The average Bonchev–Trinajstić information content (AvgIpc) is 2.99. The molecule has 0 aliphatic heterocycles. The van der Waals surface area contributed by atoms with Gasteiger partial charge in [0.25, 0.3) is 0 Å². The monoisotopic (exact) mass is 362 g/mol. The van der Waals surface area contributed by atoms with Crippen LogP contribution in [0.2, 0.25) is 0 Å². The summed E-state index contributed by atoms with van der Waals surface area (Å²) in [6.45, 7) is 8.03. The van der Waals surface area contributed by atoms with Crippen molar-refractivity contribution in [2.24, 2.45) is 0 Å². The third kappa shape index (κ3) is 5.70. The van der Waals surface area contributed by atoms with Crippen LogP contribution in [0, 0.1) is 5.82 Å². The van der Waals surface area contributed by atoms with Gasteiger partial charge in [0.2, 0.25) is 11.1 Å². The highest BCUT2D eigenvalue weighted by molar-refractivity contribution is 7.99. The fourth-order valence-corrected chi connectivity index (χ4v) is 3.19. The zero-order valence-electron chi connectivity index (χ0n) is 14.9. The molecule has 1 aromatic heterocycles. The van der Waals surface area contributed by atoms with E-state index < -0.39 is 0 Å². The molecule has 5 nitrogen and oxygen atoms in total. The van der Waals surface area contributed by atoms with E-state index in [9.17, 15) is 9.18 Å². The van der Waals surface area contributed by atoms with Gasteiger partial charge in [0.15, 0.2) is 0 Å². The summed E-state index contributed by atoms with van der Waals surface area (Å²) in [6.07, 6.45) is 3.58. The molecule has 0 aliphatic carbocycles. The summed E-state index contributed by atoms with van der Waals surface area (Å²) in [5, 5.41) is 7.45. The maximum atomic E-state index is 12.9. The second-order valence-electron chi connectivity index (χ2n) is 6.17. The van der Waals surface area contributed by atoms with E-state index in [1.54, 1.807) is 18.2 Å². The van der Waals surface area contributed by atoms with Crippen LogP contribution in [0.5, 0.6) is 0 Å². The minimum atomic E-state index is -0.267. The Morgan fingerprint density at radius 1 is 1.20 bits per heavy atom. The molecule has 0 saturated heterocycles. The standard InChI is InChI=1S/C18H23FN4OS/c1-12(2)23(13(3)4)17(24)11-25-18-20-16(21-22-18)10-7-14-5-8-15(19)9-6-14/h5-10,12-13H,11H2,1-4H3,(H,20,21,22). The largest absolute Gasteiger partial charge is 0.337 e. The van der Waals surface area contributed by atoms with Crippen molar-refractivity contribution in [3.05, 3.63) is 41.5 Å². The zero-order chi connectivity index (χ0) is 18.4. The Balaban J connectivity index is 1.93. The molecule has 1 amide bonds. The second-order valence-corrected chi connectivity index (χ2v) is 7.11. The molecule has 7 heteroatoms. The van der Waals surface area contributed by atoms with Gasteiger partial charge in [-0.05, 0) is 51.5 Å². The van der Waals surface area contributed by atoms with Crippen LogP contribution in [0.25, 0.3) is 12.2 Å². The smallest absolute Gasteiger partial charge is 0.233 e. The molecule has 1 N–H and O–H groups in total. The van der Waals surface area contributed by atoms with Crippen molar-refractivity contribution in [2.75, 3.05) is 5.75 Å². The quantitative estimate of drug-likeness (QED) is 0.760. The molecule has 0 fully saturated rings. The maximum absolute atomic E-state index is 12.9. The number of H-pyrrole nitrogens is 1. The van der Waals surface area contributed by atoms with Crippen LogP contribution in [0.15, 0.2) is 29.4 Å². The van der Waals surface area contributed by atoms with Gasteiger partial charge in [0, 0.05) is 12.1 Å². The Bertz CT molecular complexity index is 717. The number of hydrogen-bond donors (Lipinski definition) is 1. The lowest BCUT2D eigenvalue weighted by Crippen LogP contribution is -2.43. The van der Waals surface area contributed by atoms with Gasteiger partial charge in [-0.1, -0.05) is 30.0 Å². The molecule has 0 radical (unpaired) electrons. The van der Waals surface area contributed by atoms with E-state index in [0.717, 1.165) is 5.56 Å². The van der Waals surface area contributed by atoms with Gasteiger partial charge in [-0.2, -0.15) is 0 Å². The fourth-order valence-electron chi connectivity index (χ4n) is 2.52. The predicted octanol–water partition coefficient (Wildman–Crippen LogP) is 3.85. The number of aromatic amines is 1. The first kappa shape index (κ1) is 19.2. The van der Waals surface area contributed by atoms with Crippen molar-refractivity contribution >= 4 is 29.8 Å². The first-order valence-corrected chi connectivity index (χ1v) is 9.15. The van der Waals surface area contributed by atoms with Gasteiger partial charge >= 0.3 is 0 Å². The minimum absolute atomic E-state index is 0.0724. The van der Waals surface area contributed by atoms with E-state index in [2.05, 4.69) is 15.2 Å². The van der Waals surface area contributed by atoms with Crippen molar-refractivity contribution in [2.45, 2.75) is 44.9 Å². The van der Waals surface area contributed by atoms with E-state index in [0.29, 0.717) is 16.7 Å². The number of halogens is 1. The molecule has 134 valence electrons. The van der Waals surface area contributed by atoms with Crippen molar-refractivity contribution in [3.63, 3.8) is 0 Å². The minimum Gasteiger partial charge on any atom is -0.337 e. The van der Waals surface area contributed by atoms with E-state index in [1.807, 2.05) is 38.7 Å². The average molecular weight is 362 g/mol. The third-order valence-corrected chi connectivity index (χ3v) is 4.34. The molecule has 1 aromatic carbocycles. The van der Waals surface area contributed by atoms with Crippen molar-refractivity contribution in [3.8, 4) is 0 Å². The van der Waals surface area contributed by atoms with E-state index >= 15 is 0 Å². The van der Waals surface area contributed by atoms with Gasteiger partial charge in [-0.25, -0.2) is 9.37 Å². The Morgan fingerprint density at radius 2 is 1.84 bits per heavy atom. The molecule has 0 atom stereocenters. The number of carbonyl (C=O) groups excluding carboxylic acids is 1. The SMILES string of the molecule is CC(C)N(C(=O)CSc1n[nH]c(C=Cc2ccc(F)cc2)n1)C(C)C. The maximum Gasteiger partial charge on any atom is 0.233 e. The molecule has 0 unspecified atom stereocenters. The summed E-state index contributed by atoms with van der Waals surface area (Å²) < 4.78 is 12.9. The lowest BCUT2D eigenvalue weighted by Gasteiger charge is -2.30. The Labute approximate surface area is 151 Å². The topological polar surface area (TPSA) is 61.9 Å². The summed E-state index contributed by atoms with van der Waals surface area (Å²) in [5.41, 5.74) is 0.867. The van der Waals surface area contributed by atoms with Crippen molar-refractivity contribution < 1.29 is 9.18 Å². The van der Waals surface area contributed by atoms with Crippen LogP contribution in [-0.2, 0) is 4.79 Å². The van der Waals surface area contributed by atoms with E-state index in [1.165, 1.54) is 23.9 Å². The molecular formula is C18H23FN4OS. The number of benzene rings is 1. The Hall–Kier alpha value is -2.15. The lowest BCUT2D eigenvalue weighted by atomic mass is 10.2. The van der Waals surface area contributed by atoms with Gasteiger partial charge in [0.1, 0.15) is 11.6 Å². The van der Waals surface area contributed by atoms with Gasteiger partial charge in [-0.3, -0.25) is 9.89 Å². The van der Waals surface area contributed by atoms with Crippen LogP contribution >= 0.6 is 11.8 Å². The molecule has 0 spiro atoms. The van der Waals surface area contributed by atoms with E-state index in [-0.39, 0.29) is 23.8 Å². The summed E-state index contributed by atoms with van der Waals surface area (Å²) in [6, 6.07) is 6.50.